The molecule has 0 amide bonds. The van der Waals surface area contributed by atoms with Crippen LogP contribution in [-0.2, 0) is 10.0 Å². The third-order valence-electron chi connectivity index (χ3n) is 4.13. The number of hydrogen-bond donors (Lipinski definition) is 1. The smallest absolute Gasteiger partial charge is 0.214 e. The molecule has 2 heterocycles. The average Bonchev–Trinajstić information content (AvgIpc) is 2.55. The highest BCUT2D eigenvalue weighted by molar-refractivity contribution is 9.10. The quantitative estimate of drug-likeness (QED) is 0.526. The lowest BCUT2D eigenvalue weighted by Crippen LogP contribution is -2.46. The van der Waals surface area contributed by atoms with Crippen LogP contribution in [0.5, 0.6) is 0 Å². The van der Waals surface area contributed by atoms with Crippen molar-refractivity contribution in [1.29, 1.82) is 0 Å². The second-order valence-electron chi connectivity index (χ2n) is 7.52. The largest absolute Gasteiger partial charge is 0.365 e. The molecule has 0 aliphatic carbocycles. The zero-order valence-corrected chi connectivity index (χ0v) is 18.5. The predicted molar refractivity (Wildman–Crippen MR) is 108 cm³/mol. The lowest BCUT2D eigenvalue weighted by molar-refractivity contribution is 0.321. The number of thioether (sulfide) groups is 1. The van der Waals surface area contributed by atoms with E-state index in [4.69, 9.17) is 0 Å². The molecule has 1 aliphatic rings. The van der Waals surface area contributed by atoms with Gasteiger partial charge in [-0.05, 0) is 46.9 Å². The van der Waals surface area contributed by atoms with Gasteiger partial charge in [-0.3, -0.25) is 0 Å². The molecule has 0 bridgehead atoms. The van der Waals surface area contributed by atoms with E-state index < -0.39 is 10.0 Å². The van der Waals surface area contributed by atoms with Crippen molar-refractivity contribution < 1.29 is 8.42 Å². The molecule has 25 heavy (non-hydrogen) atoms. The van der Waals surface area contributed by atoms with Crippen LogP contribution in [-0.4, -0.2) is 53.8 Å². The number of anilines is 1. The Kier molecular flexibility index (Phi) is 7.15. The fraction of sp³-hybridized carbons (Fsp3) is 0.750. The summed E-state index contributed by atoms with van der Waals surface area (Å²) in [6, 6.07) is 0.0547. The molecule has 0 radical (unpaired) electrons. The summed E-state index contributed by atoms with van der Waals surface area (Å²) in [6.07, 6.45) is 6.10. The van der Waals surface area contributed by atoms with Crippen molar-refractivity contribution in [2.24, 2.45) is 5.41 Å². The Hall–Kier alpha value is -0.380. The molecule has 142 valence electrons. The zero-order valence-electron chi connectivity index (χ0n) is 15.2. The molecule has 1 aliphatic heterocycles. The van der Waals surface area contributed by atoms with Crippen molar-refractivity contribution >= 4 is 43.5 Å². The maximum absolute atomic E-state index is 12.7. The molecule has 1 aromatic heterocycles. The molecular formula is C16H27BrN4O2S2. The van der Waals surface area contributed by atoms with Crippen molar-refractivity contribution in [2.45, 2.75) is 51.2 Å². The second-order valence-corrected chi connectivity index (χ2v) is 11.2. The molecule has 0 aromatic carbocycles. The topological polar surface area (TPSA) is 75.2 Å². The van der Waals surface area contributed by atoms with Gasteiger partial charge in [0, 0.05) is 25.3 Å². The van der Waals surface area contributed by atoms with Crippen LogP contribution >= 0.6 is 27.7 Å². The van der Waals surface area contributed by atoms with Crippen molar-refractivity contribution in [3.8, 4) is 0 Å². The lowest BCUT2D eigenvalue weighted by atomic mass is 9.94. The van der Waals surface area contributed by atoms with Gasteiger partial charge in [0.25, 0.3) is 0 Å². The summed E-state index contributed by atoms with van der Waals surface area (Å²) in [4.78, 5) is 8.68. The summed E-state index contributed by atoms with van der Waals surface area (Å²) < 4.78 is 27.7. The number of piperidine rings is 1. The van der Waals surface area contributed by atoms with Crippen molar-refractivity contribution in [2.75, 3.05) is 30.4 Å². The maximum Gasteiger partial charge on any atom is 0.214 e. The Bertz CT molecular complexity index is 692. The first-order valence-electron chi connectivity index (χ1n) is 8.41. The number of halogens is 1. The number of aromatic nitrogens is 2. The second kappa shape index (κ2) is 8.54. The number of sulfonamides is 1. The first-order valence-corrected chi connectivity index (χ1v) is 12.0. The van der Waals surface area contributed by atoms with E-state index >= 15 is 0 Å². The summed E-state index contributed by atoms with van der Waals surface area (Å²) in [5.74, 6) is 0.926. The molecule has 1 saturated heterocycles. The minimum atomic E-state index is -3.22. The first kappa shape index (κ1) is 20.9. The number of hydrogen-bond acceptors (Lipinski definition) is 6. The fourth-order valence-electron chi connectivity index (χ4n) is 2.62. The molecule has 0 saturated carbocycles. The minimum Gasteiger partial charge on any atom is -0.365 e. The maximum atomic E-state index is 12.7. The number of rotatable bonds is 6. The molecule has 9 heteroatoms. The molecule has 0 spiro atoms. The SMILES string of the molecule is CSc1ncc(Br)c(NC2CCCN(S(=O)(=O)CCC(C)(C)C)C2)n1. The summed E-state index contributed by atoms with van der Waals surface area (Å²) >= 11 is 4.94. The van der Waals surface area contributed by atoms with E-state index in [1.165, 1.54) is 11.8 Å². The van der Waals surface area contributed by atoms with Crippen LogP contribution in [0, 0.1) is 5.41 Å². The van der Waals surface area contributed by atoms with Gasteiger partial charge in [-0.15, -0.1) is 0 Å². The third-order valence-corrected chi connectivity index (χ3v) is 7.11. The van der Waals surface area contributed by atoms with E-state index in [-0.39, 0.29) is 17.2 Å². The normalized spacial score (nSPS) is 19.8. The van der Waals surface area contributed by atoms with Crippen molar-refractivity contribution in [3.05, 3.63) is 10.7 Å². The van der Waals surface area contributed by atoms with Crippen LogP contribution in [0.2, 0.25) is 0 Å². The Morgan fingerprint density at radius 2 is 2.16 bits per heavy atom. The van der Waals surface area contributed by atoms with Crippen molar-refractivity contribution in [3.63, 3.8) is 0 Å². The van der Waals surface area contributed by atoms with E-state index in [0.29, 0.717) is 24.7 Å². The van der Waals surface area contributed by atoms with Crippen LogP contribution in [0.1, 0.15) is 40.0 Å². The van der Waals surface area contributed by atoms with Crippen LogP contribution in [0.15, 0.2) is 15.8 Å². The van der Waals surface area contributed by atoms with Gasteiger partial charge in [0.05, 0.1) is 10.2 Å². The third kappa shape index (κ3) is 6.37. The van der Waals surface area contributed by atoms with Gasteiger partial charge in [-0.1, -0.05) is 32.5 Å². The van der Waals surface area contributed by atoms with E-state index in [1.807, 2.05) is 6.26 Å². The molecule has 1 atom stereocenters. The Morgan fingerprint density at radius 1 is 1.44 bits per heavy atom. The van der Waals surface area contributed by atoms with Crippen LogP contribution in [0.4, 0.5) is 5.82 Å². The molecule has 6 nitrogen and oxygen atoms in total. The number of nitrogens with one attached hydrogen (secondary N) is 1. The minimum absolute atomic E-state index is 0.0144. The van der Waals surface area contributed by atoms with Gasteiger partial charge in [-0.25, -0.2) is 18.4 Å². The van der Waals surface area contributed by atoms with Gasteiger partial charge in [0.15, 0.2) is 5.16 Å². The predicted octanol–water partition coefficient (Wildman–Crippen LogP) is 3.60. The fourth-order valence-corrected chi connectivity index (χ4v) is 5.21. The van der Waals surface area contributed by atoms with E-state index in [9.17, 15) is 8.42 Å². The van der Waals surface area contributed by atoms with Crippen LogP contribution in [0.3, 0.4) is 0 Å². The van der Waals surface area contributed by atoms with Gasteiger partial charge < -0.3 is 5.32 Å². The average molecular weight is 451 g/mol. The molecule has 1 unspecified atom stereocenters. The Labute approximate surface area is 163 Å². The summed E-state index contributed by atoms with van der Waals surface area (Å²) in [5.41, 5.74) is 0.0144. The standard InChI is InChI=1S/C16H27BrN4O2S2/c1-16(2,3)7-9-25(22,23)21-8-5-6-12(11-21)19-14-13(17)10-18-15(20-14)24-4/h10,12H,5-9,11H2,1-4H3,(H,18,19,20). The molecular weight excluding hydrogens is 424 g/mol. The van der Waals surface area contributed by atoms with Gasteiger partial charge >= 0.3 is 0 Å². The van der Waals surface area contributed by atoms with Crippen LogP contribution < -0.4 is 5.32 Å². The summed E-state index contributed by atoms with van der Waals surface area (Å²) in [5, 5.41) is 4.07. The zero-order chi connectivity index (χ0) is 18.7. The first-order chi connectivity index (χ1) is 11.6. The number of nitrogens with zero attached hydrogens (tertiary/aromatic N) is 3. The van der Waals surface area contributed by atoms with E-state index in [0.717, 1.165) is 23.1 Å². The van der Waals surface area contributed by atoms with Gasteiger partial charge in [-0.2, -0.15) is 4.31 Å². The highest BCUT2D eigenvalue weighted by atomic mass is 79.9. The Balaban J connectivity index is 2.03. The highest BCUT2D eigenvalue weighted by Gasteiger charge is 2.30. The lowest BCUT2D eigenvalue weighted by Gasteiger charge is -2.33. The monoisotopic (exact) mass is 450 g/mol. The molecule has 1 fully saturated rings. The van der Waals surface area contributed by atoms with Gasteiger partial charge in [0.1, 0.15) is 5.82 Å². The van der Waals surface area contributed by atoms with Crippen molar-refractivity contribution in [1.82, 2.24) is 14.3 Å². The highest BCUT2D eigenvalue weighted by Crippen LogP contribution is 2.26. The van der Waals surface area contributed by atoms with E-state index in [2.05, 4.69) is 52.0 Å². The molecule has 2 rings (SSSR count). The van der Waals surface area contributed by atoms with Gasteiger partial charge in [0.2, 0.25) is 10.0 Å². The summed E-state index contributed by atoms with van der Waals surface area (Å²) in [6.45, 7) is 7.29. The Morgan fingerprint density at radius 3 is 2.80 bits per heavy atom. The summed E-state index contributed by atoms with van der Waals surface area (Å²) in [7, 11) is -3.22. The van der Waals surface area contributed by atoms with Crippen LogP contribution in [0.25, 0.3) is 0 Å². The molecule has 1 N–H and O–H groups in total. The van der Waals surface area contributed by atoms with E-state index in [1.54, 1.807) is 10.5 Å². The molecule has 1 aromatic rings.